The van der Waals surface area contributed by atoms with Crippen molar-refractivity contribution in [3.63, 3.8) is 0 Å². The van der Waals surface area contributed by atoms with Crippen LogP contribution in [0.25, 0.3) is 5.65 Å². The van der Waals surface area contributed by atoms with E-state index in [-0.39, 0.29) is 12.4 Å². The topological polar surface area (TPSA) is 61.4 Å². The molecule has 0 unspecified atom stereocenters. The molecular formula is C17H18N4O2. The molecule has 0 amide bonds. The van der Waals surface area contributed by atoms with Crippen LogP contribution in [-0.2, 0) is 0 Å². The fraction of sp³-hybridized carbons (Fsp3) is 0.353. The Labute approximate surface area is 133 Å². The van der Waals surface area contributed by atoms with Crippen molar-refractivity contribution in [1.82, 2.24) is 19.2 Å². The van der Waals surface area contributed by atoms with Crippen LogP contribution in [0.5, 0.6) is 6.01 Å². The van der Waals surface area contributed by atoms with Gasteiger partial charge in [0, 0.05) is 29.2 Å². The van der Waals surface area contributed by atoms with Gasteiger partial charge < -0.3 is 9.30 Å². The highest BCUT2D eigenvalue weighted by Crippen LogP contribution is 2.38. The Morgan fingerprint density at radius 2 is 2.13 bits per heavy atom. The van der Waals surface area contributed by atoms with Crippen molar-refractivity contribution in [3.05, 3.63) is 47.4 Å². The fourth-order valence-electron chi connectivity index (χ4n) is 3.08. The summed E-state index contributed by atoms with van der Waals surface area (Å²) in [4.78, 5) is 12.5. The van der Waals surface area contributed by atoms with E-state index >= 15 is 0 Å². The molecule has 3 aromatic rings. The first kappa shape index (κ1) is 14.0. The van der Waals surface area contributed by atoms with Crippen molar-refractivity contribution in [2.75, 3.05) is 6.61 Å². The van der Waals surface area contributed by atoms with Crippen LogP contribution < -0.4 is 4.74 Å². The van der Waals surface area contributed by atoms with Gasteiger partial charge in [0.25, 0.3) is 0 Å². The minimum Gasteiger partial charge on any atom is -0.455 e. The van der Waals surface area contributed by atoms with Gasteiger partial charge >= 0.3 is 6.01 Å². The molecule has 0 atom stereocenters. The number of pyridine rings is 1. The normalized spacial score (nSPS) is 14.3. The molecule has 1 aliphatic carbocycles. The summed E-state index contributed by atoms with van der Waals surface area (Å²) in [6.07, 6.45) is 4.21. The average Bonchev–Trinajstić information content (AvgIpc) is 3.22. The lowest BCUT2D eigenvalue weighted by Gasteiger charge is -2.07. The third kappa shape index (κ3) is 2.40. The number of rotatable bonds is 5. The van der Waals surface area contributed by atoms with Crippen molar-refractivity contribution in [2.24, 2.45) is 0 Å². The molecule has 6 heteroatoms. The van der Waals surface area contributed by atoms with Crippen LogP contribution in [0.4, 0.5) is 0 Å². The van der Waals surface area contributed by atoms with E-state index in [1.165, 1.54) is 12.8 Å². The van der Waals surface area contributed by atoms with Crippen molar-refractivity contribution in [3.8, 4) is 6.01 Å². The van der Waals surface area contributed by atoms with E-state index in [0.29, 0.717) is 17.7 Å². The van der Waals surface area contributed by atoms with Crippen molar-refractivity contribution in [1.29, 1.82) is 0 Å². The van der Waals surface area contributed by atoms with Gasteiger partial charge in [-0.25, -0.2) is 0 Å². The smallest absolute Gasteiger partial charge is 0.321 e. The molecule has 4 rings (SSSR count). The summed E-state index contributed by atoms with van der Waals surface area (Å²) in [7, 11) is 0. The molecule has 0 aliphatic heterocycles. The Hall–Kier alpha value is -2.63. The SMILES string of the molecule is Cc1cc(C(=O)COc2nnc3ccccn23)c(C)n1C1CC1. The monoisotopic (exact) mass is 310 g/mol. The van der Waals surface area contributed by atoms with Gasteiger partial charge in [0.05, 0.1) is 0 Å². The average molecular weight is 310 g/mol. The van der Waals surface area contributed by atoms with Crippen LogP contribution in [-0.4, -0.2) is 31.6 Å². The van der Waals surface area contributed by atoms with Gasteiger partial charge in [-0.15, -0.1) is 5.10 Å². The fourth-order valence-corrected chi connectivity index (χ4v) is 3.08. The maximum absolute atomic E-state index is 12.5. The molecule has 0 N–H and O–H groups in total. The number of carbonyl (C=O) groups excluding carboxylic acids is 1. The Morgan fingerprint density at radius 3 is 2.91 bits per heavy atom. The standard InChI is InChI=1S/C17H18N4O2/c1-11-9-14(12(2)21(11)13-6-7-13)15(22)10-23-17-19-18-16-5-3-4-8-20(16)17/h3-5,8-9,13H,6-7,10H2,1-2H3. The highest BCUT2D eigenvalue weighted by Gasteiger charge is 2.28. The predicted molar refractivity (Wildman–Crippen MR) is 85.0 cm³/mol. The van der Waals surface area contributed by atoms with Gasteiger partial charge in [-0.3, -0.25) is 9.20 Å². The Balaban J connectivity index is 1.53. The first-order chi connectivity index (χ1) is 11.1. The first-order valence-corrected chi connectivity index (χ1v) is 7.79. The first-order valence-electron chi connectivity index (χ1n) is 7.79. The molecule has 118 valence electrons. The number of carbonyl (C=O) groups is 1. The number of nitrogens with zero attached hydrogens (tertiary/aromatic N) is 4. The van der Waals surface area contributed by atoms with E-state index in [1.54, 1.807) is 4.40 Å². The minimum atomic E-state index is -0.0371. The van der Waals surface area contributed by atoms with Crippen LogP contribution >= 0.6 is 0 Å². The van der Waals surface area contributed by atoms with Crippen LogP contribution in [0.15, 0.2) is 30.5 Å². The molecular weight excluding hydrogens is 292 g/mol. The molecule has 0 bridgehead atoms. The van der Waals surface area contributed by atoms with Gasteiger partial charge in [-0.1, -0.05) is 11.2 Å². The van der Waals surface area contributed by atoms with Crippen LogP contribution in [0.2, 0.25) is 0 Å². The van der Waals surface area contributed by atoms with E-state index in [0.717, 1.165) is 17.0 Å². The number of fused-ring (bicyclic) bond motifs is 1. The van der Waals surface area contributed by atoms with Gasteiger partial charge in [0.1, 0.15) is 0 Å². The molecule has 0 radical (unpaired) electrons. The van der Waals surface area contributed by atoms with Gasteiger partial charge in [0.15, 0.2) is 12.3 Å². The van der Waals surface area contributed by atoms with Gasteiger partial charge in [0.2, 0.25) is 5.78 Å². The summed E-state index contributed by atoms with van der Waals surface area (Å²) in [5, 5.41) is 7.99. The summed E-state index contributed by atoms with van der Waals surface area (Å²) in [5.41, 5.74) is 3.61. The maximum Gasteiger partial charge on any atom is 0.321 e. The second-order valence-corrected chi connectivity index (χ2v) is 6.01. The number of ketones is 1. The van der Waals surface area contributed by atoms with E-state index in [9.17, 15) is 4.79 Å². The number of hydrogen-bond acceptors (Lipinski definition) is 4. The van der Waals surface area contributed by atoms with E-state index in [2.05, 4.69) is 21.7 Å². The van der Waals surface area contributed by atoms with Gasteiger partial charge in [-0.05, 0) is 44.9 Å². The molecule has 23 heavy (non-hydrogen) atoms. The molecule has 0 saturated heterocycles. The van der Waals surface area contributed by atoms with E-state index in [4.69, 9.17) is 4.74 Å². The highest BCUT2D eigenvalue weighted by atomic mass is 16.5. The Kier molecular flexibility index (Phi) is 3.18. The summed E-state index contributed by atoms with van der Waals surface area (Å²) < 4.78 is 9.57. The Bertz CT molecular complexity index is 889. The molecule has 1 aliphatic rings. The largest absolute Gasteiger partial charge is 0.455 e. The minimum absolute atomic E-state index is 0.0299. The third-order valence-electron chi connectivity index (χ3n) is 4.31. The number of ether oxygens (including phenoxy) is 1. The highest BCUT2D eigenvalue weighted by molar-refractivity contribution is 5.98. The van der Waals surface area contributed by atoms with Crippen molar-refractivity contribution in [2.45, 2.75) is 32.7 Å². The summed E-state index contributed by atoms with van der Waals surface area (Å²) in [5.74, 6) is -0.0299. The lowest BCUT2D eigenvalue weighted by molar-refractivity contribution is 0.0912. The van der Waals surface area contributed by atoms with Gasteiger partial charge in [-0.2, -0.15) is 0 Å². The number of aromatic nitrogens is 4. The summed E-state index contributed by atoms with van der Waals surface area (Å²) in [6.45, 7) is 4.02. The second-order valence-electron chi connectivity index (χ2n) is 6.01. The summed E-state index contributed by atoms with van der Waals surface area (Å²) >= 11 is 0. The molecule has 1 saturated carbocycles. The van der Waals surface area contributed by atoms with Crippen LogP contribution in [0, 0.1) is 13.8 Å². The Morgan fingerprint density at radius 1 is 1.30 bits per heavy atom. The molecule has 6 nitrogen and oxygen atoms in total. The van der Waals surface area contributed by atoms with Crippen molar-refractivity contribution >= 4 is 11.4 Å². The molecule has 3 heterocycles. The molecule has 0 spiro atoms. The number of aryl methyl sites for hydroxylation is 1. The zero-order chi connectivity index (χ0) is 16.0. The molecule has 0 aromatic carbocycles. The second kappa shape index (κ2) is 5.22. The van der Waals surface area contributed by atoms with Crippen molar-refractivity contribution < 1.29 is 9.53 Å². The van der Waals surface area contributed by atoms with E-state index < -0.39 is 0 Å². The number of Topliss-reactive ketones (excluding diaryl/α,β-unsaturated/α-hetero) is 1. The lowest BCUT2D eigenvalue weighted by atomic mass is 10.1. The summed E-state index contributed by atoms with van der Waals surface area (Å²) in [6, 6.07) is 8.45. The quantitative estimate of drug-likeness (QED) is 0.680. The third-order valence-corrected chi connectivity index (χ3v) is 4.31. The van der Waals surface area contributed by atoms with Crippen LogP contribution in [0.1, 0.15) is 40.6 Å². The predicted octanol–water partition coefficient (Wildman–Crippen LogP) is 2.74. The maximum atomic E-state index is 12.5. The molecule has 1 fully saturated rings. The lowest BCUT2D eigenvalue weighted by Crippen LogP contribution is -2.14. The van der Waals surface area contributed by atoms with E-state index in [1.807, 2.05) is 37.4 Å². The number of hydrogen-bond donors (Lipinski definition) is 0. The van der Waals surface area contributed by atoms with Crippen LogP contribution in [0.3, 0.4) is 0 Å². The zero-order valence-electron chi connectivity index (χ0n) is 13.2. The zero-order valence-corrected chi connectivity index (χ0v) is 13.2. The molecule has 3 aromatic heterocycles.